The fraction of sp³-hybridized carbons (Fsp3) is 0.333. The molecule has 0 aliphatic carbocycles. The second-order valence-electron chi connectivity index (χ2n) is 8.24. The van der Waals surface area contributed by atoms with Gasteiger partial charge in [-0.05, 0) is 63.6 Å². The zero-order valence-corrected chi connectivity index (χ0v) is 18.3. The molecule has 0 spiro atoms. The van der Waals surface area contributed by atoms with Gasteiger partial charge in [0.1, 0.15) is 23.7 Å². The summed E-state index contributed by atoms with van der Waals surface area (Å²) < 4.78 is 10.9. The predicted octanol–water partition coefficient (Wildman–Crippen LogP) is 4.27. The summed E-state index contributed by atoms with van der Waals surface area (Å²) in [6.07, 6.45) is 1.42. The SMILES string of the molecule is Cc1cccc(C(=O)Cc2ccc3ncc(OCCNC(=O)OC(C)(C)C)cc3c2)n1. The Morgan fingerprint density at radius 2 is 1.90 bits per heavy atom. The molecule has 0 saturated heterocycles. The second-order valence-corrected chi connectivity index (χ2v) is 8.24. The van der Waals surface area contributed by atoms with Gasteiger partial charge in [-0.3, -0.25) is 14.8 Å². The maximum atomic E-state index is 12.5. The zero-order valence-electron chi connectivity index (χ0n) is 18.3. The van der Waals surface area contributed by atoms with Crippen molar-refractivity contribution in [1.82, 2.24) is 15.3 Å². The fourth-order valence-corrected chi connectivity index (χ4v) is 2.96. The fourth-order valence-electron chi connectivity index (χ4n) is 2.96. The number of rotatable bonds is 7. The van der Waals surface area contributed by atoms with Gasteiger partial charge >= 0.3 is 6.09 Å². The third-order valence-electron chi connectivity index (χ3n) is 4.30. The van der Waals surface area contributed by atoms with Crippen LogP contribution in [0.25, 0.3) is 10.9 Å². The number of pyridine rings is 2. The number of Topliss-reactive ketones (excluding diaryl/α,β-unsaturated/α-hetero) is 1. The third-order valence-corrected chi connectivity index (χ3v) is 4.30. The lowest BCUT2D eigenvalue weighted by Crippen LogP contribution is -2.34. The molecule has 0 bridgehead atoms. The number of aryl methyl sites for hydroxylation is 1. The topological polar surface area (TPSA) is 90.4 Å². The van der Waals surface area contributed by atoms with E-state index >= 15 is 0 Å². The number of amides is 1. The Labute approximate surface area is 181 Å². The van der Waals surface area contributed by atoms with Gasteiger partial charge in [0.15, 0.2) is 5.78 Å². The van der Waals surface area contributed by atoms with Gasteiger partial charge in [0, 0.05) is 17.5 Å². The van der Waals surface area contributed by atoms with E-state index in [9.17, 15) is 9.59 Å². The van der Waals surface area contributed by atoms with E-state index in [1.807, 2.05) is 64.1 Å². The Balaban J connectivity index is 1.60. The summed E-state index contributed by atoms with van der Waals surface area (Å²) in [4.78, 5) is 32.9. The quantitative estimate of drug-likeness (QED) is 0.453. The monoisotopic (exact) mass is 421 g/mol. The lowest BCUT2D eigenvalue weighted by Gasteiger charge is -2.19. The average molecular weight is 421 g/mol. The van der Waals surface area contributed by atoms with Crippen LogP contribution < -0.4 is 10.1 Å². The standard InChI is InChI=1S/C24H27N3O4/c1-16-6-5-7-21(27-16)22(28)13-17-8-9-20-18(12-17)14-19(15-26-20)30-11-10-25-23(29)31-24(2,3)4/h5-9,12,14-15H,10-11,13H2,1-4H3,(H,25,29). The van der Waals surface area contributed by atoms with E-state index in [1.165, 1.54) is 0 Å². The Bertz CT molecular complexity index is 1090. The number of ketones is 1. The summed E-state index contributed by atoms with van der Waals surface area (Å²) >= 11 is 0. The van der Waals surface area contributed by atoms with Crippen LogP contribution >= 0.6 is 0 Å². The Morgan fingerprint density at radius 1 is 1.10 bits per heavy atom. The molecule has 0 aliphatic rings. The summed E-state index contributed by atoms with van der Waals surface area (Å²) in [6.45, 7) is 7.88. The molecule has 1 N–H and O–H groups in total. The van der Waals surface area contributed by atoms with Gasteiger partial charge in [0.05, 0.1) is 18.3 Å². The van der Waals surface area contributed by atoms with Gasteiger partial charge in [-0.15, -0.1) is 0 Å². The van der Waals surface area contributed by atoms with Crippen LogP contribution in [-0.2, 0) is 11.2 Å². The Morgan fingerprint density at radius 3 is 2.65 bits per heavy atom. The first-order valence-electron chi connectivity index (χ1n) is 10.1. The van der Waals surface area contributed by atoms with E-state index in [1.54, 1.807) is 12.3 Å². The van der Waals surface area contributed by atoms with Crippen molar-refractivity contribution in [3.8, 4) is 5.75 Å². The number of aromatic nitrogens is 2. The molecule has 2 aromatic heterocycles. The lowest BCUT2D eigenvalue weighted by atomic mass is 10.0. The number of hydrogen-bond acceptors (Lipinski definition) is 6. The molecule has 0 unspecified atom stereocenters. The van der Waals surface area contributed by atoms with Crippen LogP contribution in [0.5, 0.6) is 5.75 Å². The summed E-state index contributed by atoms with van der Waals surface area (Å²) in [5, 5.41) is 3.52. The molecule has 162 valence electrons. The number of carbonyl (C=O) groups excluding carboxylic acids is 2. The van der Waals surface area contributed by atoms with E-state index in [0.717, 1.165) is 22.2 Å². The van der Waals surface area contributed by atoms with Crippen LogP contribution in [0.1, 0.15) is 42.5 Å². The van der Waals surface area contributed by atoms with Gasteiger partial charge in [-0.1, -0.05) is 12.1 Å². The van der Waals surface area contributed by atoms with Crippen molar-refractivity contribution in [3.63, 3.8) is 0 Å². The summed E-state index contributed by atoms with van der Waals surface area (Å²) in [6, 6.07) is 13.0. The van der Waals surface area contributed by atoms with Gasteiger partial charge < -0.3 is 14.8 Å². The smallest absolute Gasteiger partial charge is 0.407 e. The predicted molar refractivity (Wildman–Crippen MR) is 118 cm³/mol. The van der Waals surface area contributed by atoms with E-state index in [2.05, 4.69) is 15.3 Å². The van der Waals surface area contributed by atoms with Crippen molar-refractivity contribution < 1.29 is 19.1 Å². The first-order valence-corrected chi connectivity index (χ1v) is 10.1. The van der Waals surface area contributed by atoms with Gasteiger partial charge in [-0.25, -0.2) is 4.79 Å². The minimum absolute atomic E-state index is 0.0309. The van der Waals surface area contributed by atoms with Crippen molar-refractivity contribution in [1.29, 1.82) is 0 Å². The molecule has 0 radical (unpaired) electrons. The number of hydrogen-bond donors (Lipinski definition) is 1. The normalized spacial score (nSPS) is 11.2. The van der Waals surface area contributed by atoms with E-state index in [4.69, 9.17) is 9.47 Å². The number of fused-ring (bicyclic) bond motifs is 1. The molecule has 7 nitrogen and oxygen atoms in total. The summed E-state index contributed by atoms with van der Waals surface area (Å²) in [7, 11) is 0. The number of carbonyl (C=O) groups is 2. The maximum absolute atomic E-state index is 12.5. The minimum atomic E-state index is -0.540. The average Bonchev–Trinajstić information content (AvgIpc) is 2.69. The number of alkyl carbamates (subject to hydrolysis) is 1. The minimum Gasteiger partial charge on any atom is -0.490 e. The van der Waals surface area contributed by atoms with Crippen LogP contribution in [0.2, 0.25) is 0 Å². The molecule has 7 heteroatoms. The molecular weight excluding hydrogens is 394 g/mol. The highest BCUT2D eigenvalue weighted by atomic mass is 16.6. The molecule has 0 saturated carbocycles. The van der Waals surface area contributed by atoms with Crippen molar-refractivity contribution >= 4 is 22.8 Å². The van der Waals surface area contributed by atoms with Crippen LogP contribution in [0.3, 0.4) is 0 Å². The molecular formula is C24H27N3O4. The van der Waals surface area contributed by atoms with E-state index in [-0.39, 0.29) is 18.8 Å². The molecule has 31 heavy (non-hydrogen) atoms. The number of nitrogens with one attached hydrogen (secondary N) is 1. The molecule has 0 aliphatic heterocycles. The molecule has 3 rings (SSSR count). The molecule has 0 fully saturated rings. The molecule has 2 heterocycles. The molecule has 1 amide bonds. The molecule has 0 atom stereocenters. The van der Waals surface area contributed by atoms with Gasteiger partial charge in [0.25, 0.3) is 0 Å². The number of benzene rings is 1. The van der Waals surface area contributed by atoms with Crippen molar-refractivity contribution in [2.75, 3.05) is 13.2 Å². The Hall–Kier alpha value is -3.48. The largest absolute Gasteiger partial charge is 0.490 e. The second kappa shape index (κ2) is 9.55. The number of nitrogens with zero attached hydrogens (tertiary/aromatic N) is 2. The first-order chi connectivity index (χ1) is 14.7. The van der Waals surface area contributed by atoms with Crippen LogP contribution in [-0.4, -0.2) is 40.6 Å². The van der Waals surface area contributed by atoms with Gasteiger partial charge in [-0.2, -0.15) is 0 Å². The molecule has 3 aromatic rings. The van der Waals surface area contributed by atoms with Crippen molar-refractivity contribution in [2.24, 2.45) is 0 Å². The lowest BCUT2D eigenvalue weighted by molar-refractivity contribution is 0.0520. The van der Waals surface area contributed by atoms with E-state index in [0.29, 0.717) is 18.0 Å². The maximum Gasteiger partial charge on any atom is 0.407 e. The van der Waals surface area contributed by atoms with E-state index < -0.39 is 11.7 Å². The summed E-state index contributed by atoms with van der Waals surface area (Å²) in [5.41, 5.74) is 2.43. The highest BCUT2D eigenvalue weighted by Crippen LogP contribution is 2.20. The zero-order chi connectivity index (χ0) is 22.4. The van der Waals surface area contributed by atoms with Crippen LogP contribution in [0, 0.1) is 6.92 Å². The summed E-state index contributed by atoms with van der Waals surface area (Å²) in [5.74, 6) is 0.555. The highest BCUT2D eigenvalue weighted by molar-refractivity contribution is 5.96. The van der Waals surface area contributed by atoms with Crippen molar-refractivity contribution in [3.05, 3.63) is 65.6 Å². The third kappa shape index (κ3) is 6.77. The van der Waals surface area contributed by atoms with Crippen LogP contribution in [0.4, 0.5) is 4.79 Å². The van der Waals surface area contributed by atoms with Crippen LogP contribution in [0.15, 0.2) is 48.7 Å². The van der Waals surface area contributed by atoms with Gasteiger partial charge in [0.2, 0.25) is 0 Å². The first kappa shape index (κ1) is 22.2. The number of ether oxygens (including phenoxy) is 2. The highest BCUT2D eigenvalue weighted by Gasteiger charge is 2.15. The van der Waals surface area contributed by atoms with Crippen molar-refractivity contribution in [2.45, 2.75) is 39.7 Å². The molecule has 1 aromatic carbocycles. The Kier molecular flexibility index (Phi) is 6.84.